The maximum atomic E-state index is 12.6. The molecule has 1 fully saturated rings. The lowest BCUT2D eigenvalue weighted by Crippen LogP contribution is -2.44. The van der Waals surface area contributed by atoms with Crippen molar-refractivity contribution in [1.82, 2.24) is 19.9 Å². The number of hydrogen-bond donors (Lipinski definition) is 2. The molecule has 0 unspecified atom stereocenters. The summed E-state index contributed by atoms with van der Waals surface area (Å²) in [6.07, 6.45) is 6.03. The van der Waals surface area contributed by atoms with Gasteiger partial charge < -0.3 is 16.0 Å². The van der Waals surface area contributed by atoms with Gasteiger partial charge in [-0.3, -0.25) is 9.59 Å². The molecule has 0 spiro atoms. The molecule has 1 atom stereocenters. The third-order valence-corrected chi connectivity index (χ3v) is 4.17. The quantitative estimate of drug-likeness (QED) is 0.869. The molecule has 8 nitrogen and oxygen atoms in total. The monoisotopic (exact) mass is 340 g/mol. The van der Waals surface area contributed by atoms with Crippen LogP contribution in [0.1, 0.15) is 28.9 Å². The van der Waals surface area contributed by atoms with Crippen molar-refractivity contribution in [2.45, 2.75) is 19.8 Å². The van der Waals surface area contributed by atoms with E-state index in [9.17, 15) is 9.59 Å². The molecular formula is C17H20N6O2. The Morgan fingerprint density at radius 3 is 2.76 bits per heavy atom. The maximum Gasteiger partial charge on any atom is 0.276 e. The summed E-state index contributed by atoms with van der Waals surface area (Å²) in [4.78, 5) is 38.8. The molecule has 3 heterocycles. The van der Waals surface area contributed by atoms with Crippen molar-refractivity contribution in [2.75, 3.05) is 24.1 Å². The van der Waals surface area contributed by atoms with Crippen molar-refractivity contribution in [1.29, 1.82) is 0 Å². The number of nitrogen functional groups attached to an aromatic ring is 1. The number of carbonyl (C=O) groups is 2. The molecule has 1 saturated heterocycles. The minimum atomic E-state index is -0.295. The topological polar surface area (TPSA) is 114 Å². The van der Waals surface area contributed by atoms with E-state index in [1.54, 1.807) is 17.2 Å². The van der Waals surface area contributed by atoms with Crippen LogP contribution in [-0.4, -0.2) is 44.8 Å². The molecule has 3 rings (SSSR count). The second-order valence-corrected chi connectivity index (χ2v) is 6.09. The first kappa shape index (κ1) is 16.8. The number of likely N-dealkylation sites (tertiary alicyclic amines) is 1. The Labute approximate surface area is 145 Å². The minimum Gasteiger partial charge on any atom is -0.382 e. The normalized spacial score (nSPS) is 17.2. The zero-order chi connectivity index (χ0) is 17.8. The Hall–Kier alpha value is -3.03. The molecule has 2 aromatic rings. The first-order valence-electron chi connectivity index (χ1n) is 8.14. The standard InChI is InChI=1S/C17H20N6O2/c1-11-4-5-13(21-9-11)22-16(24)12-3-2-8-23(10-12)17(25)14-15(18)20-7-6-19-14/h4-7,9,12H,2-3,8,10H2,1H3,(H2,18,20)(H,21,22,24)/t12-/m1/s1. The van der Waals surface area contributed by atoms with Gasteiger partial charge in [0.1, 0.15) is 5.82 Å². The van der Waals surface area contributed by atoms with Gasteiger partial charge in [-0.1, -0.05) is 6.07 Å². The highest BCUT2D eigenvalue weighted by molar-refractivity contribution is 5.97. The summed E-state index contributed by atoms with van der Waals surface area (Å²) in [5, 5.41) is 2.81. The zero-order valence-corrected chi connectivity index (χ0v) is 14.0. The molecule has 0 saturated carbocycles. The fourth-order valence-electron chi connectivity index (χ4n) is 2.81. The van der Waals surface area contributed by atoms with E-state index < -0.39 is 0 Å². The van der Waals surface area contributed by atoms with Crippen LogP contribution in [0.5, 0.6) is 0 Å². The van der Waals surface area contributed by atoms with Gasteiger partial charge in [0.25, 0.3) is 5.91 Å². The highest BCUT2D eigenvalue weighted by Gasteiger charge is 2.30. The first-order chi connectivity index (χ1) is 12.0. The SMILES string of the molecule is Cc1ccc(NC(=O)[C@@H]2CCCN(C(=O)c3nccnc3N)C2)nc1. The molecule has 0 bridgehead atoms. The van der Waals surface area contributed by atoms with Crippen molar-refractivity contribution in [3.8, 4) is 0 Å². The van der Waals surface area contributed by atoms with Gasteiger partial charge in [-0.05, 0) is 31.4 Å². The van der Waals surface area contributed by atoms with Gasteiger partial charge in [0, 0.05) is 31.7 Å². The summed E-state index contributed by atoms with van der Waals surface area (Å²) in [5.41, 5.74) is 6.88. The molecule has 130 valence electrons. The lowest BCUT2D eigenvalue weighted by Gasteiger charge is -2.31. The van der Waals surface area contributed by atoms with Crippen molar-refractivity contribution in [3.63, 3.8) is 0 Å². The number of rotatable bonds is 3. The molecule has 1 aliphatic heterocycles. The molecular weight excluding hydrogens is 320 g/mol. The number of aromatic nitrogens is 3. The highest BCUT2D eigenvalue weighted by atomic mass is 16.2. The Kier molecular flexibility index (Phi) is 4.87. The lowest BCUT2D eigenvalue weighted by molar-refractivity contribution is -0.121. The van der Waals surface area contributed by atoms with E-state index in [4.69, 9.17) is 5.73 Å². The van der Waals surface area contributed by atoms with Gasteiger partial charge >= 0.3 is 0 Å². The summed E-state index contributed by atoms with van der Waals surface area (Å²) in [6.45, 7) is 2.83. The van der Waals surface area contributed by atoms with Crippen LogP contribution in [0.2, 0.25) is 0 Å². The molecule has 2 amide bonds. The number of carbonyl (C=O) groups excluding carboxylic acids is 2. The van der Waals surface area contributed by atoms with Gasteiger partial charge in [0.2, 0.25) is 5.91 Å². The van der Waals surface area contributed by atoms with E-state index in [-0.39, 0.29) is 29.2 Å². The zero-order valence-electron chi connectivity index (χ0n) is 14.0. The van der Waals surface area contributed by atoms with Gasteiger partial charge in [-0.25, -0.2) is 15.0 Å². The second kappa shape index (κ2) is 7.25. The first-order valence-corrected chi connectivity index (χ1v) is 8.14. The van der Waals surface area contributed by atoms with E-state index in [1.807, 2.05) is 13.0 Å². The van der Waals surface area contributed by atoms with E-state index in [0.29, 0.717) is 18.9 Å². The van der Waals surface area contributed by atoms with Crippen LogP contribution < -0.4 is 11.1 Å². The third kappa shape index (κ3) is 3.90. The summed E-state index contributed by atoms with van der Waals surface area (Å²) < 4.78 is 0. The van der Waals surface area contributed by atoms with Crippen LogP contribution in [0.25, 0.3) is 0 Å². The molecule has 8 heteroatoms. The van der Waals surface area contributed by atoms with Crippen LogP contribution in [0, 0.1) is 12.8 Å². The number of aryl methyl sites for hydroxylation is 1. The third-order valence-electron chi connectivity index (χ3n) is 4.17. The number of hydrogen-bond acceptors (Lipinski definition) is 6. The molecule has 2 aromatic heterocycles. The van der Waals surface area contributed by atoms with Gasteiger partial charge in [-0.2, -0.15) is 0 Å². The van der Waals surface area contributed by atoms with E-state index in [0.717, 1.165) is 18.4 Å². The molecule has 3 N–H and O–H groups in total. The van der Waals surface area contributed by atoms with Crippen molar-refractivity contribution in [2.24, 2.45) is 5.92 Å². The van der Waals surface area contributed by atoms with Crippen LogP contribution in [-0.2, 0) is 4.79 Å². The number of piperidine rings is 1. The van der Waals surface area contributed by atoms with Crippen molar-refractivity contribution >= 4 is 23.5 Å². The Balaban J connectivity index is 1.66. The predicted molar refractivity (Wildman–Crippen MR) is 92.7 cm³/mol. The fourth-order valence-corrected chi connectivity index (χ4v) is 2.81. The van der Waals surface area contributed by atoms with Crippen molar-refractivity contribution < 1.29 is 9.59 Å². The summed E-state index contributed by atoms with van der Waals surface area (Å²) in [6, 6.07) is 3.65. The van der Waals surface area contributed by atoms with Crippen LogP contribution in [0.15, 0.2) is 30.7 Å². The predicted octanol–water partition coefficient (Wildman–Crippen LogP) is 1.25. The molecule has 0 radical (unpaired) electrons. The van der Waals surface area contributed by atoms with E-state index in [1.165, 1.54) is 12.4 Å². The fraction of sp³-hybridized carbons (Fsp3) is 0.353. The van der Waals surface area contributed by atoms with Crippen molar-refractivity contribution in [3.05, 3.63) is 42.0 Å². The Bertz CT molecular complexity index is 777. The molecule has 25 heavy (non-hydrogen) atoms. The number of anilines is 2. The average molecular weight is 340 g/mol. The Morgan fingerprint density at radius 2 is 2.04 bits per heavy atom. The van der Waals surface area contributed by atoms with E-state index >= 15 is 0 Å². The van der Waals surface area contributed by atoms with Crippen LogP contribution >= 0.6 is 0 Å². The number of amides is 2. The summed E-state index contributed by atoms with van der Waals surface area (Å²) in [5.74, 6) is -0.114. The molecule has 0 aromatic carbocycles. The highest BCUT2D eigenvalue weighted by Crippen LogP contribution is 2.20. The van der Waals surface area contributed by atoms with E-state index in [2.05, 4.69) is 20.3 Å². The lowest BCUT2D eigenvalue weighted by atomic mass is 9.97. The van der Waals surface area contributed by atoms with Gasteiger partial charge in [0.15, 0.2) is 11.5 Å². The average Bonchev–Trinajstić information content (AvgIpc) is 2.63. The number of nitrogens with one attached hydrogen (secondary N) is 1. The Morgan fingerprint density at radius 1 is 1.24 bits per heavy atom. The molecule has 0 aliphatic carbocycles. The smallest absolute Gasteiger partial charge is 0.276 e. The number of nitrogens with zero attached hydrogens (tertiary/aromatic N) is 4. The summed E-state index contributed by atoms with van der Waals surface area (Å²) >= 11 is 0. The van der Waals surface area contributed by atoms with Crippen LogP contribution in [0.4, 0.5) is 11.6 Å². The number of nitrogens with two attached hydrogens (primary N) is 1. The largest absolute Gasteiger partial charge is 0.382 e. The number of pyridine rings is 1. The molecule has 1 aliphatic rings. The summed E-state index contributed by atoms with van der Waals surface area (Å²) in [7, 11) is 0. The van der Waals surface area contributed by atoms with Gasteiger partial charge in [0.05, 0.1) is 5.92 Å². The van der Waals surface area contributed by atoms with Gasteiger partial charge in [-0.15, -0.1) is 0 Å². The second-order valence-electron chi connectivity index (χ2n) is 6.09. The van der Waals surface area contributed by atoms with Crippen LogP contribution in [0.3, 0.4) is 0 Å². The maximum absolute atomic E-state index is 12.6. The minimum absolute atomic E-state index is 0.0999.